The molecule has 0 fully saturated rings. The molecule has 3 N–H and O–H groups in total. The lowest BCUT2D eigenvalue weighted by Gasteiger charge is -2.23. The van der Waals surface area contributed by atoms with Crippen molar-refractivity contribution in [2.45, 2.75) is 19.4 Å². The van der Waals surface area contributed by atoms with Gasteiger partial charge in [-0.1, -0.05) is 11.6 Å². The van der Waals surface area contributed by atoms with Crippen molar-refractivity contribution in [1.82, 2.24) is 9.88 Å². The van der Waals surface area contributed by atoms with E-state index in [-0.39, 0.29) is 23.5 Å². The number of aromatic nitrogens is 1. The normalized spacial score (nSPS) is 11.5. The van der Waals surface area contributed by atoms with Gasteiger partial charge in [0.15, 0.2) is 0 Å². The zero-order valence-corrected chi connectivity index (χ0v) is 10.9. The Hall–Kier alpha value is -1.84. The highest BCUT2D eigenvalue weighted by molar-refractivity contribution is 6.29. The molecular weight excluding hydrogens is 254 g/mol. The van der Waals surface area contributed by atoms with Crippen LogP contribution in [0.5, 0.6) is 0 Å². The fraction of sp³-hybridized carbons (Fsp3) is 0.364. The largest absolute Gasteiger partial charge is 0.338 e. The molecular formula is C11H14ClN5O. The Kier molecular flexibility index (Phi) is 4.89. The molecule has 0 bridgehead atoms. The lowest BCUT2D eigenvalue weighted by Crippen LogP contribution is -2.34. The quantitative estimate of drug-likeness (QED) is 0.488. The minimum absolute atomic E-state index is 0.176. The number of carbonyl (C=O) groups is 1. The van der Waals surface area contributed by atoms with Gasteiger partial charge in [-0.05, 0) is 19.1 Å². The van der Waals surface area contributed by atoms with E-state index in [4.69, 9.17) is 22.7 Å². The number of hydrogen-bond donors (Lipinski definition) is 2. The monoisotopic (exact) mass is 267 g/mol. The van der Waals surface area contributed by atoms with E-state index in [1.54, 1.807) is 14.0 Å². The van der Waals surface area contributed by atoms with Gasteiger partial charge in [0.25, 0.3) is 5.91 Å². The molecule has 18 heavy (non-hydrogen) atoms. The van der Waals surface area contributed by atoms with Crippen LogP contribution in [0.25, 0.3) is 0 Å². The molecule has 6 nitrogen and oxygen atoms in total. The van der Waals surface area contributed by atoms with E-state index >= 15 is 0 Å². The fourth-order valence-corrected chi connectivity index (χ4v) is 1.58. The first-order chi connectivity index (χ1) is 8.49. The third kappa shape index (κ3) is 3.32. The van der Waals surface area contributed by atoms with Gasteiger partial charge in [0.05, 0.1) is 12.5 Å². The highest BCUT2D eigenvalue weighted by Gasteiger charge is 2.18. The van der Waals surface area contributed by atoms with Crippen molar-refractivity contribution in [3.8, 4) is 6.07 Å². The number of amides is 1. The van der Waals surface area contributed by atoms with Gasteiger partial charge >= 0.3 is 0 Å². The Bertz CT molecular complexity index is 485. The summed E-state index contributed by atoms with van der Waals surface area (Å²) in [6.45, 7) is 1.80. The standard InChI is InChI=1S/C11H14ClN5O/c1-7(3-4-13)17(2)11(18)8-5-9(12)15-10(6-8)16-14/h5-7H,3,14H2,1-2H3,(H,15,16). The van der Waals surface area contributed by atoms with Crippen LogP contribution in [-0.2, 0) is 0 Å². The lowest BCUT2D eigenvalue weighted by molar-refractivity contribution is 0.0746. The van der Waals surface area contributed by atoms with E-state index in [1.165, 1.54) is 17.0 Å². The summed E-state index contributed by atoms with van der Waals surface area (Å²) in [5, 5.41) is 8.79. The van der Waals surface area contributed by atoms with Crippen LogP contribution in [0.15, 0.2) is 12.1 Å². The van der Waals surface area contributed by atoms with Gasteiger partial charge in [0.1, 0.15) is 11.0 Å². The first-order valence-corrected chi connectivity index (χ1v) is 5.65. The second-order valence-corrected chi connectivity index (χ2v) is 4.22. The van der Waals surface area contributed by atoms with Gasteiger partial charge in [-0.25, -0.2) is 10.8 Å². The van der Waals surface area contributed by atoms with Crippen molar-refractivity contribution >= 4 is 23.3 Å². The number of nitrogens with zero attached hydrogens (tertiary/aromatic N) is 3. The van der Waals surface area contributed by atoms with Crippen LogP contribution < -0.4 is 11.3 Å². The molecule has 0 aliphatic carbocycles. The molecule has 1 aromatic heterocycles. The van der Waals surface area contributed by atoms with Gasteiger partial charge in [0, 0.05) is 18.7 Å². The maximum Gasteiger partial charge on any atom is 0.254 e. The molecule has 96 valence electrons. The zero-order valence-electron chi connectivity index (χ0n) is 10.1. The zero-order chi connectivity index (χ0) is 13.7. The summed E-state index contributed by atoms with van der Waals surface area (Å²) in [7, 11) is 1.63. The number of rotatable bonds is 4. The molecule has 1 amide bonds. The number of hydrazine groups is 1. The Balaban J connectivity index is 2.96. The molecule has 0 spiro atoms. The van der Waals surface area contributed by atoms with Gasteiger partial charge in [-0.3, -0.25) is 4.79 Å². The second-order valence-electron chi connectivity index (χ2n) is 3.84. The maximum absolute atomic E-state index is 12.1. The third-order valence-electron chi connectivity index (χ3n) is 2.56. The molecule has 0 aliphatic rings. The number of anilines is 1. The van der Waals surface area contributed by atoms with Crippen LogP contribution in [0.3, 0.4) is 0 Å². The SMILES string of the molecule is CC(CC#N)N(C)C(=O)c1cc(Cl)nc(NN)c1. The van der Waals surface area contributed by atoms with Crippen LogP contribution in [0.2, 0.25) is 5.15 Å². The molecule has 1 rings (SSSR count). The average molecular weight is 268 g/mol. The minimum atomic E-state index is -0.237. The Labute approximate surface area is 110 Å². The number of halogens is 1. The number of nitrogens with two attached hydrogens (primary N) is 1. The summed E-state index contributed by atoms with van der Waals surface area (Å²) >= 11 is 5.79. The number of hydrogen-bond acceptors (Lipinski definition) is 5. The van der Waals surface area contributed by atoms with E-state index in [9.17, 15) is 4.79 Å². The number of carbonyl (C=O) groups excluding carboxylic acids is 1. The summed E-state index contributed by atoms with van der Waals surface area (Å²) in [4.78, 5) is 17.5. The van der Waals surface area contributed by atoms with Crippen LogP contribution in [0, 0.1) is 11.3 Å². The fourth-order valence-electron chi connectivity index (χ4n) is 1.37. The van der Waals surface area contributed by atoms with Gasteiger partial charge < -0.3 is 10.3 Å². The Morgan fingerprint density at radius 1 is 1.72 bits per heavy atom. The molecule has 1 heterocycles. The molecule has 0 saturated heterocycles. The predicted molar refractivity (Wildman–Crippen MR) is 68.8 cm³/mol. The highest BCUT2D eigenvalue weighted by atomic mass is 35.5. The maximum atomic E-state index is 12.1. The van der Waals surface area contributed by atoms with E-state index in [1.807, 2.05) is 6.07 Å². The predicted octanol–water partition coefficient (Wildman–Crippen LogP) is 1.39. The van der Waals surface area contributed by atoms with Crippen LogP contribution in [0.4, 0.5) is 5.82 Å². The van der Waals surface area contributed by atoms with Crippen molar-refractivity contribution in [2.24, 2.45) is 5.84 Å². The molecule has 0 aromatic carbocycles. The van der Waals surface area contributed by atoms with Gasteiger partial charge in [0.2, 0.25) is 0 Å². The van der Waals surface area contributed by atoms with Crippen molar-refractivity contribution < 1.29 is 4.79 Å². The van der Waals surface area contributed by atoms with Gasteiger partial charge in [-0.2, -0.15) is 5.26 Å². The molecule has 0 aliphatic heterocycles. The van der Waals surface area contributed by atoms with Crippen LogP contribution >= 0.6 is 11.6 Å². The van der Waals surface area contributed by atoms with Crippen molar-refractivity contribution in [1.29, 1.82) is 5.26 Å². The van der Waals surface area contributed by atoms with Crippen molar-refractivity contribution in [2.75, 3.05) is 12.5 Å². The van der Waals surface area contributed by atoms with E-state index < -0.39 is 0 Å². The van der Waals surface area contributed by atoms with Crippen molar-refractivity contribution in [3.05, 3.63) is 22.8 Å². The molecule has 7 heteroatoms. The minimum Gasteiger partial charge on any atom is -0.338 e. The summed E-state index contributed by atoms with van der Waals surface area (Å²) < 4.78 is 0. The number of nitrogen functional groups attached to an aromatic ring is 1. The summed E-state index contributed by atoms with van der Waals surface area (Å²) in [5.74, 6) is 5.31. The van der Waals surface area contributed by atoms with Crippen LogP contribution in [-0.4, -0.2) is 28.9 Å². The molecule has 0 radical (unpaired) electrons. The van der Waals surface area contributed by atoms with Crippen LogP contribution in [0.1, 0.15) is 23.7 Å². The van der Waals surface area contributed by atoms with Gasteiger partial charge in [-0.15, -0.1) is 0 Å². The average Bonchev–Trinajstić information content (AvgIpc) is 2.36. The third-order valence-corrected chi connectivity index (χ3v) is 2.75. The summed E-state index contributed by atoms with van der Waals surface area (Å²) in [6.07, 6.45) is 0.267. The number of pyridine rings is 1. The highest BCUT2D eigenvalue weighted by Crippen LogP contribution is 2.16. The molecule has 1 atom stereocenters. The molecule has 0 saturated carbocycles. The smallest absolute Gasteiger partial charge is 0.254 e. The Morgan fingerprint density at radius 3 is 2.94 bits per heavy atom. The lowest BCUT2D eigenvalue weighted by atomic mass is 10.1. The second kappa shape index (κ2) is 6.19. The van der Waals surface area contributed by atoms with E-state index in [0.29, 0.717) is 11.4 Å². The number of nitrogens with one attached hydrogen (secondary N) is 1. The first-order valence-electron chi connectivity index (χ1n) is 5.28. The molecule has 1 aromatic rings. The van der Waals surface area contributed by atoms with Crippen molar-refractivity contribution in [3.63, 3.8) is 0 Å². The van der Waals surface area contributed by atoms with E-state index in [0.717, 1.165) is 0 Å². The van der Waals surface area contributed by atoms with E-state index in [2.05, 4.69) is 10.4 Å². The molecule has 1 unspecified atom stereocenters. The first kappa shape index (κ1) is 14.2. The summed E-state index contributed by atoms with van der Waals surface area (Å²) in [5.41, 5.74) is 2.71. The topological polar surface area (TPSA) is 95.0 Å². The summed E-state index contributed by atoms with van der Waals surface area (Å²) in [6, 6.07) is 4.81. The Morgan fingerprint density at radius 2 is 2.39 bits per heavy atom. The number of nitriles is 1.